The van der Waals surface area contributed by atoms with Gasteiger partial charge in [0.05, 0.1) is 13.2 Å². The first kappa shape index (κ1) is 12.2. The fraction of sp³-hybridized carbons (Fsp3) is 0.300. The van der Waals surface area contributed by atoms with Crippen LogP contribution >= 0.6 is 24.2 Å². The molecular weight excluding hydrogens is 232 g/mol. The Kier molecular flexibility index (Phi) is 4.29. The van der Waals surface area contributed by atoms with Crippen LogP contribution in [0.1, 0.15) is 11.6 Å². The molecule has 0 radical (unpaired) electrons. The van der Waals surface area contributed by atoms with Crippen molar-refractivity contribution in [1.29, 1.82) is 0 Å². The molecule has 15 heavy (non-hydrogen) atoms. The van der Waals surface area contributed by atoms with Gasteiger partial charge in [-0.1, -0.05) is 23.9 Å². The first-order valence-electron chi connectivity index (χ1n) is 4.39. The van der Waals surface area contributed by atoms with Crippen molar-refractivity contribution in [3.8, 4) is 5.75 Å². The zero-order chi connectivity index (χ0) is 9.97. The van der Waals surface area contributed by atoms with Gasteiger partial charge in [0.1, 0.15) is 5.75 Å². The van der Waals surface area contributed by atoms with Gasteiger partial charge in [-0.3, -0.25) is 4.99 Å². The Labute approximate surface area is 99.5 Å². The van der Waals surface area contributed by atoms with Crippen molar-refractivity contribution in [2.45, 2.75) is 6.04 Å². The number of benzene rings is 1. The highest BCUT2D eigenvalue weighted by atomic mass is 35.5. The lowest BCUT2D eigenvalue weighted by molar-refractivity contribution is 0.414. The van der Waals surface area contributed by atoms with E-state index in [1.165, 1.54) is 5.56 Å². The molecule has 82 valence electrons. The first-order chi connectivity index (χ1) is 6.79. The Balaban J connectivity index is 0.00000112. The van der Waals surface area contributed by atoms with Crippen LogP contribution in [0, 0.1) is 0 Å². The SMILES string of the molecule is COc1ccc([C@@H]2CSC(N)=N2)cc1.Cl. The molecule has 0 bridgehead atoms. The number of hydrogen-bond acceptors (Lipinski definition) is 4. The molecule has 0 fully saturated rings. The standard InChI is InChI=1S/C10H12N2OS.ClH/c1-13-8-4-2-7(3-5-8)9-6-14-10(11)12-9;/h2-5,9H,6H2,1H3,(H2,11,12);1H/t9-;/m0./s1. The van der Waals surface area contributed by atoms with Crippen molar-refractivity contribution < 1.29 is 4.74 Å². The van der Waals surface area contributed by atoms with Crippen LogP contribution in [0.4, 0.5) is 0 Å². The van der Waals surface area contributed by atoms with Crippen molar-refractivity contribution in [1.82, 2.24) is 0 Å². The third-order valence-corrected chi connectivity index (χ3v) is 3.06. The lowest BCUT2D eigenvalue weighted by Crippen LogP contribution is -2.01. The second-order valence-corrected chi connectivity index (χ2v) is 4.11. The van der Waals surface area contributed by atoms with Gasteiger partial charge in [-0.2, -0.15) is 0 Å². The Morgan fingerprint density at radius 3 is 2.53 bits per heavy atom. The van der Waals surface area contributed by atoms with E-state index in [1.54, 1.807) is 18.9 Å². The molecule has 3 nitrogen and oxygen atoms in total. The van der Waals surface area contributed by atoms with Crippen LogP contribution in [0.5, 0.6) is 5.75 Å². The number of ether oxygens (including phenoxy) is 1. The number of nitrogens with two attached hydrogens (primary N) is 1. The summed E-state index contributed by atoms with van der Waals surface area (Å²) < 4.78 is 5.09. The van der Waals surface area contributed by atoms with Crippen LogP contribution in [0.15, 0.2) is 29.3 Å². The summed E-state index contributed by atoms with van der Waals surface area (Å²) >= 11 is 1.61. The predicted molar refractivity (Wildman–Crippen MR) is 67.1 cm³/mol. The molecule has 0 saturated heterocycles. The van der Waals surface area contributed by atoms with Gasteiger partial charge in [0.25, 0.3) is 0 Å². The summed E-state index contributed by atoms with van der Waals surface area (Å²) in [6, 6.07) is 8.18. The van der Waals surface area contributed by atoms with E-state index in [4.69, 9.17) is 10.5 Å². The van der Waals surface area contributed by atoms with Crippen molar-refractivity contribution in [3.05, 3.63) is 29.8 Å². The molecule has 1 aromatic rings. The van der Waals surface area contributed by atoms with E-state index in [9.17, 15) is 0 Å². The monoisotopic (exact) mass is 244 g/mol. The maximum Gasteiger partial charge on any atom is 0.154 e. The molecule has 1 aliphatic rings. The number of amidine groups is 1. The maximum atomic E-state index is 5.61. The van der Waals surface area contributed by atoms with E-state index in [0.717, 1.165) is 11.5 Å². The molecule has 0 aromatic heterocycles. The minimum absolute atomic E-state index is 0. The molecule has 2 N–H and O–H groups in total. The molecule has 2 rings (SSSR count). The third-order valence-electron chi connectivity index (χ3n) is 2.17. The summed E-state index contributed by atoms with van der Waals surface area (Å²) in [6.45, 7) is 0. The van der Waals surface area contributed by atoms with Crippen molar-refractivity contribution >= 4 is 29.3 Å². The van der Waals surface area contributed by atoms with Crippen LogP contribution in [-0.2, 0) is 0 Å². The summed E-state index contributed by atoms with van der Waals surface area (Å²) in [5.41, 5.74) is 6.80. The van der Waals surface area contributed by atoms with E-state index >= 15 is 0 Å². The molecule has 0 amide bonds. The molecule has 0 unspecified atom stereocenters. The summed E-state index contributed by atoms with van der Waals surface area (Å²) in [4.78, 5) is 4.33. The van der Waals surface area contributed by atoms with Gasteiger partial charge in [-0.15, -0.1) is 12.4 Å². The van der Waals surface area contributed by atoms with Crippen molar-refractivity contribution in [3.63, 3.8) is 0 Å². The molecular formula is C10H13ClN2OS. The summed E-state index contributed by atoms with van der Waals surface area (Å²) in [5, 5.41) is 0.686. The van der Waals surface area contributed by atoms with Crippen LogP contribution in [-0.4, -0.2) is 18.0 Å². The summed E-state index contributed by atoms with van der Waals surface area (Å²) in [7, 11) is 1.66. The van der Waals surface area contributed by atoms with Gasteiger partial charge >= 0.3 is 0 Å². The fourth-order valence-electron chi connectivity index (χ4n) is 1.39. The molecule has 0 saturated carbocycles. The Morgan fingerprint density at radius 2 is 2.07 bits per heavy atom. The summed E-state index contributed by atoms with van der Waals surface area (Å²) in [5.74, 6) is 1.81. The highest BCUT2D eigenvalue weighted by Crippen LogP contribution is 2.29. The first-order valence-corrected chi connectivity index (χ1v) is 5.38. The minimum Gasteiger partial charge on any atom is -0.497 e. The minimum atomic E-state index is 0. The average Bonchev–Trinajstić information content (AvgIpc) is 2.65. The fourth-order valence-corrected chi connectivity index (χ4v) is 2.19. The average molecular weight is 245 g/mol. The number of aliphatic imine (C=N–C) groups is 1. The van der Waals surface area contributed by atoms with Crippen molar-refractivity contribution in [2.75, 3.05) is 12.9 Å². The Morgan fingerprint density at radius 1 is 1.40 bits per heavy atom. The second-order valence-electron chi connectivity index (χ2n) is 3.07. The van der Waals surface area contributed by atoms with Gasteiger partial charge in [-0.25, -0.2) is 0 Å². The van der Waals surface area contributed by atoms with E-state index in [2.05, 4.69) is 4.99 Å². The van der Waals surface area contributed by atoms with Crippen LogP contribution in [0.2, 0.25) is 0 Å². The predicted octanol–water partition coefficient (Wildman–Crippen LogP) is 2.22. The lowest BCUT2D eigenvalue weighted by atomic mass is 10.1. The van der Waals surface area contributed by atoms with E-state index in [1.807, 2.05) is 24.3 Å². The zero-order valence-corrected chi connectivity index (χ0v) is 9.98. The Bertz CT molecular complexity index is 353. The molecule has 0 aliphatic carbocycles. The third kappa shape index (κ3) is 2.79. The topological polar surface area (TPSA) is 47.6 Å². The van der Waals surface area contributed by atoms with Crippen LogP contribution < -0.4 is 10.5 Å². The molecule has 1 aliphatic heterocycles. The smallest absolute Gasteiger partial charge is 0.154 e. The number of hydrogen-bond donors (Lipinski definition) is 1. The lowest BCUT2D eigenvalue weighted by Gasteiger charge is -2.06. The zero-order valence-electron chi connectivity index (χ0n) is 8.34. The molecule has 1 aromatic carbocycles. The highest BCUT2D eigenvalue weighted by molar-refractivity contribution is 8.14. The maximum absolute atomic E-state index is 5.61. The highest BCUT2D eigenvalue weighted by Gasteiger charge is 2.17. The quantitative estimate of drug-likeness (QED) is 0.868. The largest absolute Gasteiger partial charge is 0.497 e. The number of methoxy groups -OCH3 is 1. The van der Waals surface area contributed by atoms with Gasteiger partial charge in [0.2, 0.25) is 0 Å². The van der Waals surface area contributed by atoms with Gasteiger partial charge < -0.3 is 10.5 Å². The second kappa shape index (κ2) is 5.28. The number of halogens is 1. The van der Waals surface area contributed by atoms with Gasteiger partial charge in [0, 0.05) is 5.75 Å². The van der Waals surface area contributed by atoms with E-state index < -0.39 is 0 Å². The Hall–Kier alpha value is -0.870. The summed E-state index contributed by atoms with van der Waals surface area (Å²) in [6.07, 6.45) is 0. The number of thioether (sulfide) groups is 1. The molecule has 0 spiro atoms. The van der Waals surface area contributed by atoms with E-state index in [0.29, 0.717) is 5.17 Å². The number of nitrogens with zero attached hydrogens (tertiary/aromatic N) is 1. The molecule has 1 atom stereocenters. The van der Waals surface area contributed by atoms with Gasteiger partial charge in [0.15, 0.2) is 5.17 Å². The molecule has 1 heterocycles. The van der Waals surface area contributed by atoms with Gasteiger partial charge in [-0.05, 0) is 17.7 Å². The normalized spacial score (nSPS) is 19.3. The van der Waals surface area contributed by atoms with Crippen molar-refractivity contribution in [2.24, 2.45) is 10.7 Å². The van der Waals surface area contributed by atoms with Crippen LogP contribution in [0.3, 0.4) is 0 Å². The number of rotatable bonds is 2. The van der Waals surface area contributed by atoms with E-state index in [-0.39, 0.29) is 18.4 Å². The molecule has 5 heteroatoms. The van der Waals surface area contributed by atoms with Crippen LogP contribution in [0.25, 0.3) is 0 Å².